The molecular formula is C12H15NOS. The fraction of sp³-hybridized carbons (Fsp3) is 0.500. The average Bonchev–Trinajstić information content (AvgIpc) is 2.71. The number of rotatable bonds is 3. The summed E-state index contributed by atoms with van der Waals surface area (Å²) in [6.07, 6.45) is 7.61. The van der Waals surface area contributed by atoms with Crippen molar-refractivity contribution in [3.05, 3.63) is 28.2 Å². The van der Waals surface area contributed by atoms with Crippen molar-refractivity contribution in [1.29, 1.82) is 0 Å². The molecule has 2 nitrogen and oxygen atoms in total. The second-order valence-corrected chi connectivity index (χ2v) is 5.15. The number of carbonyl (C=O) groups excluding carboxylic acids is 1. The quantitative estimate of drug-likeness (QED) is 0.785. The summed E-state index contributed by atoms with van der Waals surface area (Å²) in [6.45, 7) is 2.24. The van der Waals surface area contributed by atoms with Gasteiger partial charge in [0.05, 0.1) is 5.51 Å². The fourth-order valence-electron chi connectivity index (χ4n) is 1.82. The molecule has 2 rings (SSSR count). The number of ketones is 1. The van der Waals surface area contributed by atoms with Crippen molar-refractivity contribution in [3.63, 3.8) is 0 Å². The van der Waals surface area contributed by atoms with Crippen molar-refractivity contribution in [3.8, 4) is 0 Å². The minimum Gasteiger partial charge on any atom is -0.294 e. The van der Waals surface area contributed by atoms with Crippen LogP contribution in [0.1, 0.15) is 31.1 Å². The summed E-state index contributed by atoms with van der Waals surface area (Å²) in [5, 5.41) is 0. The van der Waals surface area contributed by atoms with E-state index >= 15 is 0 Å². The van der Waals surface area contributed by atoms with Crippen LogP contribution in [0, 0.1) is 5.92 Å². The van der Waals surface area contributed by atoms with Crippen LogP contribution >= 0.6 is 11.3 Å². The first-order valence-corrected chi connectivity index (χ1v) is 6.23. The molecule has 0 saturated heterocycles. The number of hydrogen-bond acceptors (Lipinski definition) is 3. The highest BCUT2D eigenvalue weighted by molar-refractivity contribution is 7.09. The molecule has 0 amide bonds. The van der Waals surface area contributed by atoms with E-state index in [1.807, 2.05) is 0 Å². The van der Waals surface area contributed by atoms with Gasteiger partial charge in [0.25, 0.3) is 0 Å². The molecule has 1 aromatic rings. The Hall–Kier alpha value is -0.960. The van der Waals surface area contributed by atoms with Gasteiger partial charge >= 0.3 is 0 Å². The Balaban J connectivity index is 1.97. The molecule has 0 bridgehead atoms. The lowest BCUT2D eigenvalue weighted by molar-refractivity contribution is -0.115. The third kappa shape index (κ3) is 2.75. The highest BCUT2D eigenvalue weighted by atomic mass is 32.1. The van der Waals surface area contributed by atoms with Crippen molar-refractivity contribution >= 4 is 17.1 Å². The monoisotopic (exact) mass is 221 g/mol. The van der Waals surface area contributed by atoms with Gasteiger partial charge in [0.1, 0.15) is 0 Å². The number of Topliss-reactive ketones (excluding diaryl/α,β-unsaturated/α-hetero) is 1. The van der Waals surface area contributed by atoms with Crippen LogP contribution in [0.15, 0.2) is 23.4 Å². The Morgan fingerprint density at radius 2 is 2.53 bits per heavy atom. The molecule has 1 aliphatic rings. The van der Waals surface area contributed by atoms with Gasteiger partial charge in [0.2, 0.25) is 0 Å². The molecule has 80 valence electrons. The van der Waals surface area contributed by atoms with E-state index in [9.17, 15) is 4.79 Å². The van der Waals surface area contributed by atoms with Crippen LogP contribution in [0.2, 0.25) is 0 Å². The number of allylic oxidation sites excluding steroid dienone is 2. The first-order chi connectivity index (χ1) is 7.25. The SMILES string of the molecule is CC1CC=C(C(=O)Cc2cncs2)CC1. The Kier molecular flexibility index (Phi) is 3.31. The Bertz CT molecular complexity index is 367. The Labute approximate surface area is 94.0 Å². The van der Waals surface area contributed by atoms with E-state index in [2.05, 4.69) is 18.0 Å². The molecule has 3 heteroatoms. The van der Waals surface area contributed by atoms with Gasteiger partial charge in [0, 0.05) is 17.5 Å². The largest absolute Gasteiger partial charge is 0.294 e. The molecule has 1 atom stereocenters. The summed E-state index contributed by atoms with van der Waals surface area (Å²) in [7, 11) is 0. The van der Waals surface area contributed by atoms with Crippen LogP contribution in [0.5, 0.6) is 0 Å². The third-order valence-corrected chi connectivity index (χ3v) is 3.63. The first kappa shape index (κ1) is 10.6. The highest BCUT2D eigenvalue weighted by Crippen LogP contribution is 2.24. The molecular weight excluding hydrogens is 206 g/mol. The predicted octanol–water partition coefficient (Wildman–Crippen LogP) is 3.00. The Morgan fingerprint density at radius 3 is 3.13 bits per heavy atom. The maximum Gasteiger partial charge on any atom is 0.163 e. The fourth-order valence-corrected chi connectivity index (χ4v) is 2.41. The summed E-state index contributed by atoms with van der Waals surface area (Å²) >= 11 is 1.56. The summed E-state index contributed by atoms with van der Waals surface area (Å²) < 4.78 is 0. The number of aromatic nitrogens is 1. The van der Waals surface area contributed by atoms with Crippen molar-refractivity contribution in [2.75, 3.05) is 0 Å². The zero-order valence-electron chi connectivity index (χ0n) is 8.90. The number of hydrogen-bond donors (Lipinski definition) is 0. The molecule has 0 N–H and O–H groups in total. The Morgan fingerprint density at radius 1 is 1.67 bits per heavy atom. The summed E-state index contributed by atoms with van der Waals surface area (Å²) in [4.78, 5) is 16.9. The number of carbonyl (C=O) groups is 1. The molecule has 1 aromatic heterocycles. The van der Waals surface area contributed by atoms with Crippen LogP contribution in [0.25, 0.3) is 0 Å². The second kappa shape index (κ2) is 4.71. The topological polar surface area (TPSA) is 30.0 Å². The molecule has 0 aromatic carbocycles. The van der Waals surface area contributed by atoms with Gasteiger partial charge in [-0.2, -0.15) is 0 Å². The van der Waals surface area contributed by atoms with Crippen LogP contribution in [-0.2, 0) is 11.2 Å². The van der Waals surface area contributed by atoms with E-state index in [0.717, 1.165) is 35.6 Å². The lowest BCUT2D eigenvalue weighted by atomic mass is 9.88. The molecule has 0 fully saturated rings. The van der Waals surface area contributed by atoms with E-state index in [4.69, 9.17) is 0 Å². The normalized spacial score (nSPS) is 21.1. The van der Waals surface area contributed by atoms with Gasteiger partial charge in [-0.25, -0.2) is 0 Å². The van der Waals surface area contributed by atoms with Gasteiger partial charge in [-0.3, -0.25) is 9.78 Å². The highest BCUT2D eigenvalue weighted by Gasteiger charge is 2.16. The first-order valence-electron chi connectivity index (χ1n) is 5.35. The average molecular weight is 221 g/mol. The van der Waals surface area contributed by atoms with Gasteiger partial charge in [-0.15, -0.1) is 11.3 Å². The zero-order valence-corrected chi connectivity index (χ0v) is 9.72. The van der Waals surface area contributed by atoms with Crippen molar-refractivity contribution in [2.45, 2.75) is 32.6 Å². The smallest absolute Gasteiger partial charge is 0.163 e. The maximum absolute atomic E-state index is 11.9. The van der Waals surface area contributed by atoms with Crippen LogP contribution in [0.4, 0.5) is 0 Å². The minimum absolute atomic E-state index is 0.283. The number of thiazole rings is 1. The molecule has 0 radical (unpaired) electrons. The van der Waals surface area contributed by atoms with E-state index in [0.29, 0.717) is 6.42 Å². The summed E-state index contributed by atoms with van der Waals surface area (Å²) in [5.41, 5.74) is 2.81. The maximum atomic E-state index is 11.9. The molecule has 0 spiro atoms. The van der Waals surface area contributed by atoms with Crippen LogP contribution in [0.3, 0.4) is 0 Å². The molecule has 0 aliphatic heterocycles. The number of nitrogens with zero attached hydrogens (tertiary/aromatic N) is 1. The van der Waals surface area contributed by atoms with Gasteiger partial charge < -0.3 is 0 Å². The molecule has 0 saturated carbocycles. The van der Waals surface area contributed by atoms with Gasteiger partial charge in [0.15, 0.2) is 5.78 Å². The summed E-state index contributed by atoms with van der Waals surface area (Å²) in [6, 6.07) is 0. The van der Waals surface area contributed by atoms with Gasteiger partial charge in [-0.1, -0.05) is 13.0 Å². The molecule has 1 heterocycles. The zero-order chi connectivity index (χ0) is 10.7. The van der Waals surface area contributed by atoms with Crippen molar-refractivity contribution in [1.82, 2.24) is 4.98 Å². The van der Waals surface area contributed by atoms with Crippen molar-refractivity contribution < 1.29 is 4.79 Å². The van der Waals surface area contributed by atoms with Gasteiger partial charge in [-0.05, 0) is 30.8 Å². The molecule has 15 heavy (non-hydrogen) atoms. The van der Waals surface area contributed by atoms with E-state index in [1.54, 1.807) is 23.0 Å². The summed E-state index contributed by atoms with van der Waals surface area (Å²) in [5.74, 6) is 1.02. The lowest BCUT2D eigenvalue weighted by Gasteiger charge is -2.16. The molecule has 1 aliphatic carbocycles. The van der Waals surface area contributed by atoms with E-state index < -0.39 is 0 Å². The molecule has 1 unspecified atom stereocenters. The lowest BCUT2D eigenvalue weighted by Crippen LogP contribution is -2.11. The van der Waals surface area contributed by atoms with E-state index in [-0.39, 0.29) is 5.78 Å². The van der Waals surface area contributed by atoms with Crippen LogP contribution in [-0.4, -0.2) is 10.8 Å². The minimum atomic E-state index is 0.283. The van der Waals surface area contributed by atoms with E-state index in [1.165, 1.54) is 0 Å². The predicted molar refractivity (Wildman–Crippen MR) is 61.9 cm³/mol. The third-order valence-electron chi connectivity index (χ3n) is 2.85. The van der Waals surface area contributed by atoms with Crippen LogP contribution < -0.4 is 0 Å². The standard InChI is InChI=1S/C12H15NOS/c1-9-2-4-10(5-3-9)12(14)6-11-7-13-8-15-11/h4,7-9H,2-3,5-6H2,1H3. The van der Waals surface area contributed by atoms with Crippen molar-refractivity contribution in [2.24, 2.45) is 5.92 Å². The second-order valence-electron chi connectivity index (χ2n) is 4.18.